The van der Waals surface area contributed by atoms with Crippen LogP contribution in [-0.2, 0) is 20.9 Å². The molecule has 5 heteroatoms. The molecule has 22 heavy (non-hydrogen) atoms. The minimum Gasteiger partial charge on any atom is -0.466 e. The van der Waals surface area contributed by atoms with Crippen LogP contribution in [0.3, 0.4) is 0 Å². The highest BCUT2D eigenvalue weighted by molar-refractivity contribution is 5.77. The summed E-state index contributed by atoms with van der Waals surface area (Å²) < 4.78 is 7.22. The Balaban J connectivity index is 1.79. The summed E-state index contributed by atoms with van der Waals surface area (Å²) >= 11 is 0. The van der Waals surface area contributed by atoms with Gasteiger partial charge >= 0.3 is 5.97 Å². The Kier molecular flexibility index (Phi) is 5.63. The van der Waals surface area contributed by atoms with Crippen LogP contribution in [-0.4, -0.2) is 41.0 Å². The molecular weight excluding hydrogens is 280 g/mol. The van der Waals surface area contributed by atoms with Crippen LogP contribution in [0.5, 0.6) is 0 Å². The number of carbonyl (C=O) groups excluding carboxylic acids is 2. The number of amides is 1. The van der Waals surface area contributed by atoms with E-state index in [4.69, 9.17) is 4.74 Å². The van der Waals surface area contributed by atoms with Crippen LogP contribution in [0.25, 0.3) is 0 Å². The molecule has 1 saturated heterocycles. The van der Waals surface area contributed by atoms with E-state index in [2.05, 4.69) is 30.5 Å². The molecule has 0 aromatic carbocycles. The van der Waals surface area contributed by atoms with Gasteiger partial charge in [0.1, 0.15) is 0 Å². The third kappa shape index (κ3) is 3.90. The zero-order valence-electron chi connectivity index (χ0n) is 13.8. The predicted octanol–water partition coefficient (Wildman–Crippen LogP) is 2.30. The Labute approximate surface area is 132 Å². The van der Waals surface area contributed by atoms with E-state index in [1.807, 2.05) is 11.8 Å². The number of nitrogens with zero attached hydrogens (tertiary/aromatic N) is 2. The second-order valence-electron chi connectivity index (χ2n) is 5.92. The highest BCUT2D eigenvalue weighted by atomic mass is 16.5. The predicted molar refractivity (Wildman–Crippen MR) is 84.5 cm³/mol. The molecule has 5 nitrogen and oxygen atoms in total. The van der Waals surface area contributed by atoms with Crippen molar-refractivity contribution in [2.45, 2.75) is 46.6 Å². The molecule has 1 aromatic heterocycles. The summed E-state index contributed by atoms with van der Waals surface area (Å²) in [4.78, 5) is 25.9. The van der Waals surface area contributed by atoms with Crippen LogP contribution in [0.2, 0.25) is 0 Å². The summed E-state index contributed by atoms with van der Waals surface area (Å²) in [5.74, 6) is 0.0148. The van der Waals surface area contributed by atoms with Crippen molar-refractivity contribution in [1.29, 1.82) is 0 Å². The first-order valence-corrected chi connectivity index (χ1v) is 8.10. The molecule has 0 bridgehead atoms. The first-order valence-electron chi connectivity index (χ1n) is 8.10. The monoisotopic (exact) mass is 306 g/mol. The highest BCUT2D eigenvalue weighted by Gasteiger charge is 2.27. The third-order valence-corrected chi connectivity index (χ3v) is 4.43. The van der Waals surface area contributed by atoms with Gasteiger partial charge in [-0.1, -0.05) is 0 Å². The Morgan fingerprint density at radius 3 is 2.32 bits per heavy atom. The summed E-state index contributed by atoms with van der Waals surface area (Å²) in [6.45, 7) is 8.40. The van der Waals surface area contributed by atoms with Crippen LogP contribution >= 0.6 is 0 Å². The molecule has 1 aliphatic heterocycles. The number of esters is 1. The summed E-state index contributed by atoms with van der Waals surface area (Å²) in [5.41, 5.74) is 2.37. The lowest BCUT2D eigenvalue weighted by molar-refractivity contribution is -0.151. The number of ether oxygens (including phenoxy) is 1. The van der Waals surface area contributed by atoms with E-state index in [0.29, 0.717) is 39.0 Å². The first kappa shape index (κ1) is 16.6. The minimum atomic E-state index is -0.117. The first-order chi connectivity index (χ1) is 10.5. The number of likely N-dealkylation sites (tertiary alicyclic amines) is 1. The van der Waals surface area contributed by atoms with E-state index in [1.54, 1.807) is 0 Å². The molecule has 122 valence electrons. The fourth-order valence-electron chi connectivity index (χ4n) is 3.04. The number of hydrogen-bond acceptors (Lipinski definition) is 3. The molecule has 2 rings (SSSR count). The van der Waals surface area contributed by atoms with Gasteiger partial charge in [-0.3, -0.25) is 9.59 Å². The summed E-state index contributed by atoms with van der Waals surface area (Å²) in [5, 5.41) is 0. The fraction of sp³-hybridized carbons (Fsp3) is 0.647. The molecular formula is C17H26N2O3. The molecule has 2 heterocycles. The zero-order chi connectivity index (χ0) is 16.1. The lowest BCUT2D eigenvalue weighted by atomic mass is 9.97. The number of carbonyl (C=O) groups is 2. The van der Waals surface area contributed by atoms with Gasteiger partial charge in [-0.25, -0.2) is 0 Å². The van der Waals surface area contributed by atoms with Crippen LogP contribution < -0.4 is 0 Å². The molecule has 1 amide bonds. The molecule has 1 aromatic rings. The van der Waals surface area contributed by atoms with Gasteiger partial charge in [0.2, 0.25) is 5.91 Å². The second-order valence-corrected chi connectivity index (χ2v) is 5.92. The van der Waals surface area contributed by atoms with Crippen LogP contribution in [0, 0.1) is 19.8 Å². The number of aromatic nitrogens is 1. The van der Waals surface area contributed by atoms with E-state index in [0.717, 1.165) is 6.54 Å². The third-order valence-electron chi connectivity index (χ3n) is 4.43. The van der Waals surface area contributed by atoms with Crippen molar-refractivity contribution in [3.63, 3.8) is 0 Å². The van der Waals surface area contributed by atoms with Crippen molar-refractivity contribution >= 4 is 11.9 Å². The summed E-state index contributed by atoms with van der Waals surface area (Å²) in [6, 6.07) is 4.15. The Bertz CT molecular complexity index is 509. The SMILES string of the molecule is CCOC(=O)C1CCN(C(=O)CCn2c(C)ccc2C)CC1. The quantitative estimate of drug-likeness (QED) is 0.784. The van der Waals surface area contributed by atoms with Gasteiger partial charge in [0.15, 0.2) is 0 Å². The molecule has 1 fully saturated rings. The molecule has 0 N–H and O–H groups in total. The van der Waals surface area contributed by atoms with Crippen molar-refractivity contribution in [1.82, 2.24) is 9.47 Å². The largest absolute Gasteiger partial charge is 0.466 e. The van der Waals surface area contributed by atoms with Crippen LogP contribution in [0.4, 0.5) is 0 Å². The molecule has 0 radical (unpaired) electrons. The van der Waals surface area contributed by atoms with Crippen molar-refractivity contribution in [3.8, 4) is 0 Å². The Morgan fingerprint density at radius 2 is 1.77 bits per heavy atom. The average molecular weight is 306 g/mol. The lowest BCUT2D eigenvalue weighted by Crippen LogP contribution is -2.41. The average Bonchev–Trinajstić information content (AvgIpc) is 2.84. The van der Waals surface area contributed by atoms with Crippen molar-refractivity contribution in [2.75, 3.05) is 19.7 Å². The molecule has 0 aliphatic carbocycles. The van der Waals surface area contributed by atoms with Gasteiger partial charge in [0, 0.05) is 37.4 Å². The van der Waals surface area contributed by atoms with Gasteiger partial charge in [-0.05, 0) is 45.7 Å². The van der Waals surface area contributed by atoms with Crippen LogP contribution in [0.15, 0.2) is 12.1 Å². The highest BCUT2D eigenvalue weighted by Crippen LogP contribution is 2.19. The Hall–Kier alpha value is -1.78. The fourth-order valence-corrected chi connectivity index (χ4v) is 3.04. The number of aryl methyl sites for hydroxylation is 2. The van der Waals surface area contributed by atoms with Gasteiger partial charge in [0.25, 0.3) is 0 Å². The number of rotatable bonds is 5. The van der Waals surface area contributed by atoms with E-state index in [1.165, 1.54) is 11.4 Å². The van der Waals surface area contributed by atoms with E-state index >= 15 is 0 Å². The van der Waals surface area contributed by atoms with E-state index < -0.39 is 0 Å². The summed E-state index contributed by atoms with van der Waals surface area (Å²) in [6.07, 6.45) is 1.94. The van der Waals surface area contributed by atoms with Crippen molar-refractivity contribution < 1.29 is 14.3 Å². The van der Waals surface area contributed by atoms with Gasteiger partial charge in [0.05, 0.1) is 12.5 Å². The second kappa shape index (κ2) is 7.47. The van der Waals surface area contributed by atoms with E-state index in [-0.39, 0.29) is 17.8 Å². The molecule has 0 unspecified atom stereocenters. The molecule has 0 atom stereocenters. The maximum atomic E-state index is 12.3. The van der Waals surface area contributed by atoms with Gasteiger partial charge in [-0.2, -0.15) is 0 Å². The maximum absolute atomic E-state index is 12.3. The van der Waals surface area contributed by atoms with Gasteiger partial charge in [-0.15, -0.1) is 0 Å². The molecule has 0 spiro atoms. The minimum absolute atomic E-state index is 0.0436. The maximum Gasteiger partial charge on any atom is 0.309 e. The molecule has 1 aliphatic rings. The van der Waals surface area contributed by atoms with Crippen molar-refractivity contribution in [2.24, 2.45) is 5.92 Å². The molecule has 0 saturated carbocycles. The summed E-state index contributed by atoms with van der Waals surface area (Å²) in [7, 11) is 0. The van der Waals surface area contributed by atoms with Crippen molar-refractivity contribution in [3.05, 3.63) is 23.5 Å². The number of hydrogen-bond donors (Lipinski definition) is 0. The smallest absolute Gasteiger partial charge is 0.309 e. The van der Waals surface area contributed by atoms with Crippen LogP contribution in [0.1, 0.15) is 37.6 Å². The topological polar surface area (TPSA) is 51.5 Å². The zero-order valence-corrected chi connectivity index (χ0v) is 13.8. The Morgan fingerprint density at radius 1 is 1.18 bits per heavy atom. The van der Waals surface area contributed by atoms with E-state index in [9.17, 15) is 9.59 Å². The number of piperidine rings is 1. The standard InChI is InChI=1S/C17H26N2O3/c1-4-22-17(21)15-7-10-18(11-8-15)16(20)9-12-19-13(2)5-6-14(19)3/h5-6,15H,4,7-12H2,1-3H3. The normalized spacial score (nSPS) is 15.9. The van der Waals surface area contributed by atoms with Gasteiger partial charge < -0.3 is 14.2 Å². The lowest BCUT2D eigenvalue weighted by Gasteiger charge is -2.31.